The number of aromatic nitrogens is 1. The lowest BCUT2D eigenvalue weighted by Crippen LogP contribution is -1.99. The Labute approximate surface area is 95.6 Å². The first-order valence-corrected chi connectivity index (χ1v) is 6.45. The number of thioether (sulfide) groups is 1. The van der Waals surface area contributed by atoms with Crippen molar-refractivity contribution in [3.8, 4) is 5.75 Å². The van der Waals surface area contributed by atoms with Gasteiger partial charge in [0, 0.05) is 12.4 Å². The molecule has 1 aliphatic rings. The molecule has 2 rings (SSSR count). The van der Waals surface area contributed by atoms with Gasteiger partial charge in [0.25, 0.3) is 0 Å². The molecule has 0 spiro atoms. The average Bonchev–Trinajstić information content (AvgIpc) is 2.92. The monoisotopic (exact) mass is 307 g/mol. The summed E-state index contributed by atoms with van der Waals surface area (Å²) in [6.45, 7) is 0. The minimum atomic E-state index is 0.460. The zero-order chi connectivity index (χ0) is 9.26. The first kappa shape index (κ1) is 9.58. The minimum Gasteiger partial charge on any atom is -0.488 e. The molecule has 0 aromatic carbocycles. The Morgan fingerprint density at radius 2 is 2.31 bits per heavy atom. The van der Waals surface area contributed by atoms with Gasteiger partial charge in [0.1, 0.15) is 5.75 Å². The third kappa shape index (κ3) is 2.28. The molecular weight excluding hydrogens is 297 g/mol. The Balaban J connectivity index is 2.27. The Hall–Kier alpha value is 0.0300. The summed E-state index contributed by atoms with van der Waals surface area (Å²) < 4.78 is 6.92. The van der Waals surface area contributed by atoms with Crippen molar-refractivity contribution in [2.45, 2.75) is 23.8 Å². The quantitative estimate of drug-likeness (QED) is 0.633. The van der Waals surface area contributed by atoms with E-state index in [2.05, 4.69) is 27.6 Å². The average molecular weight is 307 g/mol. The van der Waals surface area contributed by atoms with Crippen molar-refractivity contribution in [3.63, 3.8) is 0 Å². The van der Waals surface area contributed by atoms with Crippen LogP contribution < -0.4 is 4.74 Å². The Morgan fingerprint density at radius 3 is 2.92 bits per heavy atom. The maximum Gasteiger partial charge on any atom is 0.149 e. The summed E-state index contributed by atoms with van der Waals surface area (Å²) in [5.41, 5.74) is 0. The number of rotatable bonds is 3. The molecule has 1 aliphatic carbocycles. The molecule has 70 valence electrons. The fourth-order valence-electron chi connectivity index (χ4n) is 1.02. The summed E-state index contributed by atoms with van der Waals surface area (Å²) >= 11 is 3.96. The van der Waals surface area contributed by atoms with Crippen LogP contribution in [-0.2, 0) is 0 Å². The largest absolute Gasteiger partial charge is 0.488 e. The minimum absolute atomic E-state index is 0.460. The summed E-state index contributed by atoms with van der Waals surface area (Å²) in [4.78, 5) is 5.27. The summed E-state index contributed by atoms with van der Waals surface area (Å²) in [6, 6.07) is 0. The molecule has 1 fully saturated rings. The lowest BCUT2D eigenvalue weighted by Gasteiger charge is -2.09. The smallest absolute Gasteiger partial charge is 0.149 e. The highest BCUT2D eigenvalue weighted by molar-refractivity contribution is 14.1. The molecule has 1 aromatic rings. The molecular formula is C9H10INOS. The van der Waals surface area contributed by atoms with Crippen LogP contribution in [0, 0.1) is 3.57 Å². The Kier molecular flexibility index (Phi) is 2.98. The molecule has 2 nitrogen and oxygen atoms in total. The highest BCUT2D eigenvalue weighted by Gasteiger charge is 2.25. The Bertz CT molecular complexity index is 314. The van der Waals surface area contributed by atoms with E-state index >= 15 is 0 Å². The van der Waals surface area contributed by atoms with Crippen LogP contribution in [0.5, 0.6) is 5.75 Å². The summed E-state index contributed by atoms with van der Waals surface area (Å²) in [5.74, 6) is 1.02. The molecule has 0 saturated heterocycles. The van der Waals surface area contributed by atoms with Gasteiger partial charge in [-0.05, 0) is 41.7 Å². The fourth-order valence-corrected chi connectivity index (χ4v) is 2.29. The number of hydrogen-bond acceptors (Lipinski definition) is 3. The highest BCUT2D eigenvalue weighted by atomic mass is 127. The summed E-state index contributed by atoms with van der Waals surface area (Å²) in [7, 11) is 0. The lowest BCUT2D eigenvalue weighted by molar-refractivity contribution is 0.293. The van der Waals surface area contributed by atoms with Crippen molar-refractivity contribution < 1.29 is 4.74 Å². The van der Waals surface area contributed by atoms with E-state index in [4.69, 9.17) is 4.74 Å². The molecule has 1 heterocycles. The van der Waals surface area contributed by atoms with Crippen molar-refractivity contribution in [1.29, 1.82) is 0 Å². The second kappa shape index (κ2) is 4.04. The van der Waals surface area contributed by atoms with Crippen molar-refractivity contribution >= 4 is 34.4 Å². The topological polar surface area (TPSA) is 22.1 Å². The zero-order valence-electron chi connectivity index (χ0n) is 7.29. The fraction of sp³-hybridized carbons (Fsp3) is 0.444. The number of pyridine rings is 1. The predicted octanol–water partition coefficient (Wildman–Crippen LogP) is 2.95. The second-order valence-corrected chi connectivity index (χ2v) is 4.98. The number of halogens is 1. The van der Waals surface area contributed by atoms with E-state index in [1.165, 1.54) is 12.8 Å². The van der Waals surface area contributed by atoms with Crippen LogP contribution in [0.1, 0.15) is 12.8 Å². The molecule has 0 N–H and O–H groups in total. The van der Waals surface area contributed by atoms with E-state index in [1.807, 2.05) is 18.6 Å². The van der Waals surface area contributed by atoms with Crippen molar-refractivity contribution in [2.75, 3.05) is 6.26 Å². The van der Waals surface area contributed by atoms with Crippen molar-refractivity contribution in [3.05, 3.63) is 16.0 Å². The molecule has 0 radical (unpaired) electrons. The molecule has 0 bridgehead atoms. The van der Waals surface area contributed by atoms with Gasteiger partial charge in [-0.2, -0.15) is 0 Å². The van der Waals surface area contributed by atoms with Gasteiger partial charge in [-0.15, -0.1) is 11.8 Å². The first-order valence-electron chi connectivity index (χ1n) is 4.15. The maximum absolute atomic E-state index is 5.81. The number of ether oxygens (including phenoxy) is 1. The molecule has 4 heteroatoms. The van der Waals surface area contributed by atoms with Gasteiger partial charge in [0.2, 0.25) is 0 Å². The van der Waals surface area contributed by atoms with Crippen LogP contribution in [0.2, 0.25) is 0 Å². The van der Waals surface area contributed by atoms with E-state index in [1.54, 1.807) is 11.8 Å². The van der Waals surface area contributed by atoms with E-state index in [9.17, 15) is 0 Å². The number of hydrogen-bond donors (Lipinski definition) is 0. The summed E-state index contributed by atoms with van der Waals surface area (Å²) in [5, 5.41) is 0. The van der Waals surface area contributed by atoms with E-state index in [0.29, 0.717) is 6.10 Å². The van der Waals surface area contributed by atoms with Crippen LogP contribution in [-0.4, -0.2) is 17.3 Å². The van der Waals surface area contributed by atoms with Gasteiger partial charge >= 0.3 is 0 Å². The molecule has 0 unspecified atom stereocenters. The van der Waals surface area contributed by atoms with E-state index in [-0.39, 0.29) is 0 Å². The molecule has 0 amide bonds. The van der Waals surface area contributed by atoms with E-state index < -0.39 is 0 Å². The molecule has 1 aromatic heterocycles. The van der Waals surface area contributed by atoms with Gasteiger partial charge in [-0.25, -0.2) is 0 Å². The van der Waals surface area contributed by atoms with Gasteiger partial charge in [-0.1, -0.05) is 0 Å². The lowest BCUT2D eigenvalue weighted by atomic mass is 10.4. The standard InChI is InChI=1S/C9H10INOS/c1-13-8-5-11-4-7(10)9(8)12-6-2-3-6/h4-6H,2-3H2,1H3. The van der Waals surface area contributed by atoms with Gasteiger partial charge in [0.05, 0.1) is 14.6 Å². The number of nitrogens with zero attached hydrogens (tertiary/aromatic N) is 1. The highest BCUT2D eigenvalue weighted by Crippen LogP contribution is 2.35. The zero-order valence-corrected chi connectivity index (χ0v) is 10.3. The van der Waals surface area contributed by atoms with Gasteiger partial charge < -0.3 is 4.74 Å². The predicted molar refractivity (Wildman–Crippen MR) is 62.4 cm³/mol. The molecule has 1 saturated carbocycles. The molecule has 0 atom stereocenters. The molecule has 0 aliphatic heterocycles. The molecule has 13 heavy (non-hydrogen) atoms. The normalized spacial score (nSPS) is 15.8. The third-order valence-electron chi connectivity index (χ3n) is 1.85. The maximum atomic E-state index is 5.81. The van der Waals surface area contributed by atoms with Crippen molar-refractivity contribution in [1.82, 2.24) is 4.98 Å². The van der Waals surface area contributed by atoms with Crippen LogP contribution in [0.4, 0.5) is 0 Å². The second-order valence-electron chi connectivity index (χ2n) is 2.97. The van der Waals surface area contributed by atoms with Gasteiger partial charge in [0.15, 0.2) is 0 Å². The Morgan fingerprint density at radius 1 is 1.54 bits per heavy atom. The van der Waals surface area contributed by atoms with Crippen LogP contribution >= 0.6 is 34.4 Å². The van der Waals surface area contributed by atoms with E-state index in [0.717, 1.165) is 14.2 Å². The van der Waals surface area contributed by atoms with Crippen LogP contribution in [0.15, 0.2) is 17.3 Å². The SMILES string of the molecule is CSc1cncc(I)c1OC1CC1. The summed E-state index contributed by atoms with van der Waals surface area (Å²) in [6.07, 6.45) is 8.62. The van der Waals surface area contributed by atoms with Crippen molar-refractivity contribution in [2.24, 2.45) is 0 Å². The van der Waals surface area contributed by atoms with Crippen LogP contribution in [0.3, 0.4) is 0 Å². The van der Waals surface area contributed by atoms with Crippen LogP contribution in [0.25, 0.3) is 0 Å². The first-order chi connectivity index (χ1) is 6.31. The van der Waals surface area contributed by atoms with Gasteiger partial charge in [-0.3, -0.25) is 4.98 Å². The third-order valence-corrected chi connectivity index (χ3v) is 3.35.